The van der Waals surface area contributed by atoms with Crippen molar-refractivity contribution >= 4 is 23.6 Å². The number of carbonyl (C=O) groups excluding carboxylic acids is 2. The zero-order chi connectivity index (χ0) is 13.1. The quantitative estimate of drug-likeness (QED) is 0.545. The van der Waals surface area contributed by atoms with Crippen LogP contribution in [-0.2, 0) is 9.59 Å². The zero-order valence-corrected chi connectivity index (χ0v) is 11.5. The number of primary amides is 1. The largest absolute Gasteiger partial charge is 0.370 e. The number of nitrogens with zero attached hydrogens (tertiary/aromatic N) is 1. The molecular weight excluding hydrogens is 238 g/mol. The fourth-order valence-corrected chi connectivity index (χ4v) is 2.03. The molecule has 6 heteroatoms. The lowest BCUT2D eigenvalue weighted by Gasteiger charge is -2.09. The van der Waals surface area contributed by atoms with Gasteiger partial charge in [-0.05, 0) is 27.1 Å². The van der Waals surface area contributed by atoms with Crippen LogP contribution in [-0.4, -0.2) is 55.4 Å². The SMILES string of the molecule is CN(C)CCCNC(=O)CCSCCC(N)=O. The van der Waals surface area contributed by atoms with Gasteiger partial charge < -0.3 is 16.0 Å². The van der Waals surface area contributed by atoms with Crippen molar-refractivity contribution in [3.63, 3.8) is 0 Å². The van der Waals surface area contributed by atoms with Crippen molar-refractivity contribution in [2.75, 3.05) is 38.7 Å². The molecule has 17 heavy (non-hydrogen) atoms. The fourth-order valence-electron chi connectivity index (χ4n) is 1.15. The lowest BCUT2D eigenvalue weighted by Crippen LogP contribution is -2.27. The molecule has 0 aromatic rings. The van der Waals surface area contributed by atoms with Crippen LogP contribution >= 0.6 is 11.8 Å². The summed E-state index contributed by atoms with van der Waals surface area (Å²) in [6, 6.07) is 0. The van der Waals surface area contributed by atoms with Crippen molar-refractivity contribution < 1.29 is 9.59 Å². The standard InChI is InChI=1S/C11H23N3O2S/c1-14(2)7-3-6-13-11(16)5-9-17-8-4-10(12)15/h3-9H2,1-2H3,(H2,12,15)(H,13,16). The van der Waals surface area contributed by atoms with E-state index in [1.807, 2.05) is 14.1 Å². The second kappa shape index (κ2) is 10.4. The number of nitrogens with one attached hydrogen (secondary N) is 1. The molecule has 0 spiro atoms. The first-order chi connectivity index (χ1) is 8.02. The number of thioether (sulfide) groups is 1. The van der Waals surface area contributed by atoms with Gasteiger partial charge in [0.25, 0.3) is 0 Å². The molecule has 3 N–H and O–H groups in total. The second-order valence-corrected chi connectivity index (χ2v) is 5.31. The van der Waals surface area contributed by atoms with Crippen molar-refractivity contribution in [3.05, 3.63) is 0 Å². The van der Waals surface area contributed by atoms with E-state index >= 15 is 0 Å². The third-order valence-electron chi connectivity index (χ3n) is 2.07. The molecular formula is C11H23N3O2S. The topological polar surface area (TPSA) is 75.4 Å². The Kier molecular flexibility index (Phi) is 9.95. The highest BCUT2D eigenvalue weighted by atomic mass is 32.2. The fraction of sp³-hybridized carbons (Fsp3) is 0.818. The summed E-state index contributed by atoms with van der Waals surface area (Å²) in [4.78, 5) is 23.9. The summed E-state index contributed by atoms with van der Waals surface area (Å²) in [6.07, 6.45) is 1.86. The molecule has 0 heterocycles. The van der Waals surface area contributed by atoms with E-state index in [-0.39, 0.29) is 11.8 Å². The Bertz CT molecular complexity index is 235. The number of nitrogens with two attached hydrogens (primary N) is 1. The zero-order valence-electron chi connectivity index (χ0n) is 10.7. The molecule has 0 aromatic carbocycles. The predicted molar refractivity (Wildman–Crippen MR) is 71.9 cm³/mol. The molecule has 0 aliphatic carbocycles. The van der Waals surface area contributed by atoms with E-state index in [9.17, 15) is 9.59 Å². The molecule has 0 bridgehead atoms. The normalized spacial score (nSPS) is 10.5. The van der Waals surface area contributed by atoms with Gasteiger partial charge in [-0.1, -0.05) is 0 Å². The minimum Gasteiger partial charge on any atom is -0.370 e. The Morgan fingerprint density at radius 2 is 1.88 bits per heavy atom. The number of hydrogen-bond donors (Lipinski definition) is 2. The Hall–Kier alpha value is -0.750. The lowest BCUT2D eigenvalue weighted by atomic mass is 10.4. The number of amides is 2. The van der Waals surface area contributed by atoms with Crippen LogP contribution in [0.15, 0.2) is 0 Å². The van der Waals surface area contributed by atoms with E-state index in [1.54, 1.807) is 11.8 Å². The highest BCUT2D eigenvalue weighted by Gasteiger charge is 2.01. The Morgan fingerprint density at radius 1 is 1.24 bits per heavy atom. The molecule has 0 atom stereocenters. The molecule has 100 valence electrons. The summed E-state index contributed by atoms with van der Waals surface area (Å²) >= 11 is 1.58. The Morgan fingerprint density at radius 3 is 2.47 bits per heavy atom. The second-order valence-electron chi connectivity index (χ2n) is 4.09. The van der Waals surface area contributed by atoms with Gasteiger partial charge in [-0.2, -0.15) is 11.8 Å². The predicted octanol–water partition coefficient (Wildman–Crippen LogP) is 0.0530. The van der Waals surface area contributed by atoms with E-state index in [2.05, 4.69) is 10.2 Å². The minimum absolute atomic E-state index is 0.0790. The summed E-state index contributed by atoms with van der Waals surface area (Å²) in [5.41, 5.74) is 5.00. The molecule has 0 saturated heterocycles. The maximum Gasteiger partial charge on any atom is 0.220 e. The van der Waals surface area contributed by atoms with Crippen LogP contribution in [0.2, 0.25) is 0 Å². The molecule has 0 unspecified atom stereocenters. The van der Waals surface area contributed by atoms with Crippen LogP contribution in [0, 0.1) is 0 Å². The first kappa shape index (κ1) is 16.2. The summed E-state index contributed by atoms with van der Waals surface area (Å²) in [5, 5.41) is 2.87. The van der Waals surface area contributed by atoms with Crippen molar-refractivity contribution in [3.8, 4) is 0 Å². The lowest BCUT2D eigenvalue weighted by molar-refractivity contribution is -0.120. The van der Waals surface area contributed by atoms with E-state index in [0.717, 1.165) is 25.3 Å². The highest BCUT2D eigenvalue weighted by molar-refractivity contribution is 7.99. The third-order valence-corrected chi connectivity index (χ3v) is 3.06. The van der Waals surface area contributed by atoms with E-state index in [0.29, 0.717) is 18.6 Å². The van der Waals surface area contributed by atoms with Gasteiger partial charge in [-0.3, -0.25) is 9.59 Å². The molecule has 0 aromatic heterocycles. The van der Waals surface area contributed by atoms with Gasteiger partial charge in [0.1, 0.15) is 0 Å². The van der Waals surface area contributed by atoms with Crippen LogP contribution in [0.4, 0.5) is 0 Å². The van der Waals surface area contributed by atoms with Crippen molar-refractivity contribution in [1.29, 1.82) is 0 Å². The van der Waals surface area contributed by atoms with Crippen molar-refractivity contribution in [1.82, 2.24) is 10.2 Å². The van der Waals surface area contributed by atoms with Crippen LogP contribution in [0.25, 0.3) is 0 Å². The molecule has 0 aliphatic rings. The van der Waals surface area contributed by atoms with Gasteiger partial charge in [0.05, 0.1) is 0 Å². The number of rotatable bonds is 10. The van der Waals surface area contributed by atoms with Gasteiger partial charge >= 0.3 is 0 Å². The van der Waals surface area contributed by atoms with E-state index < -0.39 is 0 Å². The van der Waals surface area contributed by atoms with Crippen LogP contribution in [0.3, 0.4) is 0 Å². The molecule has 0 saturated carbocycles. The van der Waals surface area contributed by atoms with Gasteiger partial charge in [0, 0.05) is 30.9 Å². The smallest absolute Gasteiger partial charge is 0.220 e. The average molecular weight is 261 g/mol. The van der Waals surface area contributed by atoms with Gasteiger partial charge in [-0.15, -0.1) is 0 Å². The van der Waals surface area contributed by atoms with Gasteiger partial charge in [0.15, 0.2) is 0 Å². The van der Waals surface area contributed by atoms with Crippen molar-refractivity contribution in [2.24, 2.45) is 5.73 Å². The number of carbonyl (C=O) groups is 2. The Balaban J connectivity index is 3.26. The van der Waals surface area contributed by atoms with Gasteiger partial charge in [0.2, 0.25) is 11.8 Å². The average Bonchev–Trinajstić information content (AvgIpc) is 2.23. The summed E-state index contributed by atoms with van der Waals surface area (Å²) in [5.74, 6) is 1.23. The Labute approximate surface area is 107 Å². The first-order valence-electron chi connectivity index (χ1n) is 5.80. The molecule has 0 radical (unpaired) electrons. The van der Waals surface area contributed by atoms with E-state index in [4.69, 9.17) is 5.73 Å². The molecule has 2 amide bonds. The molecule has 0 fully saturated rings. The summed E-state index contributed by atoms with van der Waals surface area (Å²) in [7, 11) is 4.02. The van der Waals surface area contributed by atoms with Crippen molar-refractivity contribution in [2.45, 2.75) is 19.3 Å². The van der Waals surface area contributed by atoms with E-state index in [1.165, 1.54) is 0 Å². The minimum atomic E-state index is -0.286. The summed E-state index contributed by atoms with van der Waals surface area (Å²) < 4.78 is 0. The van der Waals surface area contributed by atoms with Gasteiger partial charge in [-0.25, -0.2) is 0 Å². The maximum absolute atomic E-state index is 11.4. The molecule has 0 rings (SSSR count). The monoisotopic (exact) mass is 261 g/mol. The van der Waals surface area contributed by atoms with Crippen LogP contribution in [0.5, 0.6) is 0 Å². The third kappa shape index (κ3) is 13.2. The molecule has 0 aliphatic heterocycles. The highest BCUT2D eigenvalue weighted by Crippen LogP contribution is 2.03. The molecule has 5 nitrogen and oxygen atoms in total. The van der Waals surface area contributed by atoms with Crippen LogP contribution in [0.1, 0.15) is 19.3 Å². The maximum atomic E-state index is 11.4. The number of hydrogen-bond acceptors (Lipinski definition) is 4. The van der Waals surface area contributed by atoms with Crippen LogP contribution < -0.4 is 11.1 Å². The summed E-state index contributed by atoms with van der Waals surface area (Å²) in [6.45, 7) is 1.70. The first-order valence-corrected chi connectivity index (χ1v) is 6.95.